The Morgan fingerprint density at radius 2 is 2.22 bits per heavy atom. The van der Waals surface area contributed by atoms with Gasteiger partial charge >= 0.3 is 0 Å². The Hall–Kier alpha value is -0.370. The van der Waals surface area contributed by atoms with Gasteiger partial charge in [-0.2, -0.15) is 0 Å². The maximum Gasteiger partial charge on any atom is 0.229 e. The number of aliphatic hydroxyl groups excluding tert-OH is 1. The molecule has 0 fully saturated rings. The smallest absolute Gasteiger partial charge is 0.229 e. The van der Waals surface area contributed by atoms with Crippen molar-refractivity contribution in [2.45, 2.75) is 38.7 Å². The van der Waals surface area contributed by atoms with E-state index in [4.69, 9.17) is 5.11 Å². The Labute approximate surface area is 55.9 Å². The maximum atomic E-state index is 9.72. The average molecular weight is 129 g/mol. The van der Waals surface area contributed by atoms with Crippen LogP contribution in [0.5, 0.6) is 0 Å². The normalized spacial score (nSPS) is 13.1. The molecule has 0 spiro atoms. The van der Waals surface area contributed by atoms with Crippen molar-refractivity contribution < 1.29 is 9.90 Å². The number of unbranched alkanes of at least 4 members (excludes halogenated alkanes) is 2. The number of rotatable bonds is 5. The van der Waals surface area contributed by atoms with Crippen molar-refractivity contribution in [2.75, 3.05) is 0 Å². The van der Waals surface area contributed by atoms with Gasteiger partial charge in [0.25, 0.3) is 0 Å². The molecule has 0 aromatic heterocycles. The van der Waals surface area contributed by atoms with Crippen molar-refractivity contribution in [3.8, 4) is 0 Å². The molecule has 0 aliphatic carbocycles. The van der Waals surface area contributed by atoms with Gasteiger partial charge in [-0.25, -0.2) is 0 Å². The van der Waals surface area contributed by atoms with E-state index < -0.39 is 6.10 Å². The largest absolute Gasteiger partial charge is 0.385 e. The van der Waals surface area contributed by atoms with E-state index in [1.807, 2.05) is 0 Å². The Balaban J connectivity index is 2.96. The van der Waals surface area contributed by atoms with Gasteiger partial charge in [0.1, 0.15) is 6.10 Å². The van der Waals surface area contributed by atoms with E-state index in [-0.39, 0.29) is 0 Å². The third-order valence-corrected chi connectivity index (χ3v) is 1.22. The molecule has 0 aliphatic rings. The molecule has 0 heterocycles. The van der Waals surface area contributed by atoms with Crippen LogP contribution in [-0.4, -0.2) is 17.5 Å². The van der Waals surface area contributed by atoms with Crippen molar-refractivity contribution >= 4 is 6.29 Å². The molecule has 0 saturated heterocycles. The summed E-state index contributed by atoms with van der Waals surface area (Å²) in [4.78, 5) is 9.72. The highest BCUT2D eigenvalue weighted by Gasteiger charge is 1.99. The summed E-state index contributed by atoms with van der Waals surface area (Å²) in [5.74, 6) is 0. The Bertz CT molecular complexity index is 71.3. The van der Waals surface area contributed by atoms with E-state index in [1.54, 1.807) is 0 Å². The predicted molar refractivity (Wildman–Crippen MR) is 35.8 cm³/mol. The van der Waals surface area contributed by atoms with Crippen molar-refractivity contribution in [1.29, 1.82) is 0 Å². The monoisotopic (exact) mass is 129 g/mol. The fourth-order valence-corrected chi connectivity index (χ4v) is 0.647. The van der Waals surface area contributed by atoms with Gasteiger partial charge in [0.15, 0.2) is 0 Å². The van der Waals surface area contributed by atoms with Crippen LogP contribution in [0.4, 0.5) is 0 Å². The fraction of sp³-hybridized carbons (Fsp3) is 0.857. The minimum Gasteiger partial charge on any atom is -0.385 e. The molecule has 0 aromatic carbocycles. The minimum absolute atomic E-state index is 0.567. The van der Waals surface area contributed by atoms with Gasteiger partial charge < -0.3 is 5.11 Å². The first-order chi connectivity index (χ1) is 4.31. The summed E-state index contributed by atoms with van der Waals surface area (Å²) < 4.78 is 0. The lowest BCUT2D eigenvalue weighted by molar-refractivity contribution is 0.220. The highest BCUT2D eigenvalue weighted by atomic mass is 16.3. The molecule has 1 radical (unpaired) electrons. The lowest BCUT2D eigenvalue weighted by atomic mass is 10.1. The zero-order valence-corrected chi connectivity index (χ0v) is 5.76. The van der Waals surface area contributed by atoms with Crippen molar-refractivity contribution in [3.63, 3.8) is 0 Å². The zero-order chi connectivity index (χ0) is 7.11. The third-order valence-electron chi connectivity index (χ3n) is 1.22. The molecule has 0 aliphatic heterocycles. The quantitative estimate of drug-likeness (QED) is 0.563. The van der Waals surface area contributed by atoms with Crippen LogP contribution in [0, 0.1) is 0 Å². The van der Waals surface area contributed by atoms with Crippen LogP contribution in [0.3, 0.4) is 0 Å². The maximum absolute atomic E-state index is 9.72. The Morgan fingerprint density at radius 1 is 1.56 bits per heavy atom. The lowest BCUT2D eigenvalue weighted by Gasteiger charge is -1.98. The molecule has 9 heavy (non-hydrogen) atoms. The van der Waals surface area contributed by atoms with Crippen LogP contribution < -0.4 is 0 Å². The van der Waals surface area contributed by atoms with Crippen LogP contribution in [0.1, 0.15) is 32.6 Å². The molecular formula is C7H13O2. The van der Waals surface area contributed by atoms with Gasteiger partial charge in [0.05, 0.1) is 0 Å². The number of hydrogen-bond acceptors (Lipinski definition) is 2. The van der Waals surface area contributed by atoms with Crippen LogP contribution in [0.15, 0.2) is 0 Å². The van der Waals surface area contributed by atoms with E-state index in [1.165, 1.54) is 6.29 Å². The number of aliphatic hydroxyl groups is 1. The lowest BCUT2D eigenvalue weighted by Crippen LogP contribution is -2.06. The molecule has 1 unspecified atom stereocenters. The molecule has 0 bridgehead atoms. The van der Waals surface area contributed by atoms with E-state index in [2.05, 4.69) is 6.92 Å². The molecule has 2 heteroatoms. The van der Waals surface area contributed by atoms with Gasteiger partial charge in [-0.3, -0.25) is 4.79 Å². The van der Waals surface area contributed by atoms with E-state index in [0.29, 0.717) is 6.42 Å². The van der Waals surface area contributed by atoms with Gasteiger partial charge in [-0.1, -0.05) is 26.2 Å². The first-order valence-corrected chi connectivity index (χ1v) is 3.37. The second-order valence-electron chi connectivity index (χ2n) is 2.13. The molecule has 0 saturated carbocycles. The van der Waals surface area contributed by atoms with E-state index in [0.717, 1.165) is 19.3 Å². The number of hydrogen-bond donors (Lipinski definition) is 1. The second-order valence-corrected chi connectivity index (χ2v) is 2.13. The summed E-state index contributed by atoms with van der Waals surface area (Å²) in [7, 11) is 0. The fourth-order valence-electron chi connectivity index (χ4n) is 0.647. The van der Waals surface area contributed by atoms with Crippen molar-refractivity contribution in [3.05, 3.63) is 0 Å². The molecular weight excluding hydrogens is 116 g/mol. The highest BCUT2D eigenvalue weighted by Crippen LogP contribution is 2.00. The standard InChI is InChI=1S/C7H13O2/c1-2-3-4-5-7(9)6-8/h7,9H,2-5H2,1H3. The summed E-state index contributed by atoms with van der Waals surface area (Å²) >= 11 is 0. The molecule has 2 nitrogen and oxygen atoms in total. The highest BCUT2D eigenvalue weighted by molar-refractivity contribution is 5.56. The SMILES string of the molecule is CCCCCC(O)[C]=O. The topological polar surface area (TPSA) is 37.3 Å². The second kappa shape index (κ2) is 5.76. The molecule has 1 atom stereocenters. The van der Waals surface area contributed by atoms with Gasteiger partial charge in [-0.15, -0.1) is 0 Å². The summed E-state index contributed by atoms with van der Waals surface area (Å²) in [6.07, 6.45) is 4.37. The zero-order valence-electron chi connectivity index (χ0n) is 5.76. The summed E-state index contributed by atoms with van der Waals surface area (Å²) in [6.45, 7) is 2.08. The minimum atomic E-state index is -0.850. The molecule has 0 aromatic rings. The Morgan fingerprint density at radius 3 is 2.67 bits per heavy atom. The molecule has 1 N–H and O–H groups in total. The van der Waals surface area contributed by atoms with Crippen LogP contribution in [0.25, 0.3) is 0 Å². The number of carbonyl (C=O) groups excluding carboxylic acids is 1. The first-order valence-electron chi connectivity index (χ1n) is 3.37. The van der Waals surface area contributed by atoms with Gasteiger partial charge in [0.2, 0.25) is 6.29 Å². The van der Waals surface area contributed by atoms with Crippen LogP contribution >= 0.6 is 0 Å². The van der Waals surface area contributed by atoms with Crippen molar-refractivity contribution in [1.82, 2.24) is 0 Å². The molecule has 0 amide bonds. The molecule has 0 rings (SSSR count). The summed E-state index contributed by atoms with van der Waals surface area (Å²) in [5.41, 5.74) is 0. The Kier molecular flexibility index (Phi) is 5.52. The third kappa shape index (κ3) is 5.50. The van der Waals surface area contributed by atoms with E-state index in [9.17, 15) is 4.79 Å². The van der Waals surface area contributed by atoms with E-state index >= 15 is 0 Å². The summed E-state index contributed by atoms with van der Waals surface area (Å²) in [5, 5.41) is 8.66. The van der Waals surface area contributed by atoms with Gasteiger partial charge in [-0.05, 0) is 6.42 Å². The average Bonchev–Trinajstić information content (AvgIpc) is 1.89. The predicted octanol–water partition coefficient (Wildman–Crippen LogP) is 1.04. The van der Waals surface area contributed by atoms with Crippen molar-refractivity contribution in [2.24, 2.45) is 0 Å². The first kappa shape index (κ1) is 8.63. The van der Waals surface area contributed by atoms with Gasteiger partial charge in [0, 0.05) is 0 Å². The van der Waals surface area contributed by atoms with Crippen LogP contribution in [-0.2, 0) is 4.79 Å². The molecule has 53 valence electrons. The van der Waals surface area contributed by atoms with Crippen LogP contribution in [0.2, 0.25) is 0 Å². The summed E-state index contributed by atoms with van der Waals surface area (Å²) in [6, 6.07) is 0.